The Morgan fingerprint density at radius 1 is 1.14 bits per heavy atom. The maximum absolute atomic E-state index is 4.92. The lowest BCUT2D eigenvalue weighted by Crippen LogP contribution is -2.61. The van der Waals surface area contributed by atoms with Gasteiger partial charge in [-0.25, -0.2) is 4.31 Å². The molecule has 1 fully saturated rings. The molecule has 1 saturated heterocycles. The molecule has 0 amide bonds. The number of hydrogen-bond donors (Lipinski definition) is 2. The van der Waals surface area contributed by atoms with E-state index < -0.39 is 0 Å². The standard InChI is InChI=1S/C25H36N2S2/c1-6-25(26-29(5)24(2,3)4)16-11-17-27(28)23(25)19-20-12-10-15-22(18-20)21-13-8-7-9-14-21/h7-10,12-15,18,23,26,28H,5-6,11,16-17,19H2,1-4H3. The Morgan fingerprint density at radius 3 is 2.48 bits per heavy atom. The normalized spacial score (nSPS) is 24.4. The van der Waals surface area contributed by atoms with Gasteiger partial charge in [-0.05, 0) is 42.4 Å². The predicted molar refractivity (Wildman–Crippen MR) is 135 cm³/mol. The van der Waals surface area contributed by atoms with E-state index in [9.17, 15) is 0 Å². The van der Waals surface area contributed by atoms with Crippen molar-refractivity contribution in [3.05, 3.63) is 60.2 Å². The van der Waals surface area contributed by atoms with E-state index in [0.717, 1.165) is 19.4 Å². The fraction of sp³-hybridized carbons (Fsp3) is 0.480. The molecule has 158 valence electrons. The van der Waals surface area contributed by atoms with E-state index in [1.807, 2.05) is 0 Å². The minimum Gasteiger partial charge on any atom is -0.262 e. The zero-order chi connectivity index (χ0) is 21.1. The highest BCUT2D eigenvalue weighted by Crippen LogP contribution is 2.39. The number of hydrogen-bond acceptors (Lipinski definition) is 3. The van der Waals surface area contributed by atoms with Crippen LogP contribution < -0.4 is 4.72 Å². The van der Waals surface area contributed by atoms with Gasteiger partial charge in [0.1, 0.15) is 0 Å². The highest BCUT2D eigenvalue weighted by atomic mass is 32.2. The van der Waals surface area contributed by atoms with Gasteiger partial charge >= 0.3 is 0 Å². The molecule has 4 heteroatoms. The molecule has 3 unspecified atom stereocenters. The zero-order valence-electron chi connectivity index (χ0n) is 18.3. The van der Waals surface area contributed by atoms with Crippen molar-refractivity contribution < 1.29 is 0 Å². The van der Waals surface area contributed by atoms with Crippen LogP contribution in [-0.4, -0.2) is 33.0 Å². The molecule has 0 bridgehead atoms. The third-order valence-corrected chi connectivity index (χ3v) is 8.78. The number of rotatable bonds is 6. The average molecular weight is 429 g/mol. The lowest BCUT2D eigenvalue weighted by Gasteiger charge is -2.50. The van der Waals surface area contributed by atoms with E-state index in [1.54, 1.807) is 0 Å². The molecule has 0 aromatic heterocycles. The summed E-state index contributed by atoms with van der Waals surface area (Å²) in [6.45, 7) is 10.2. The Balaban J connectivity index is 1.89. The van der Waals surface area contributed by atoms with Crippen molar-refractivity contribution in [2.24, 2.45) is 0 Å². The van der Waals surface area contributed by atoms with Crippen LogP contribution in [0.1, 0.15) is 52.5 Å². The molecule has 0 saturated carbocycles. The highest BCUT2D eigenvalue weighted by Gasteiger charge is 2.43. The molecule has 0 aliphatic carbocycles. The van der Waals surface area contributed by atoms with Gasteiger partial charge in [0.2, 0.25) is 0 Å². The van der Waals surface area contributed by atoms with Gasteiger partial charge in [0.15, 0.2) is 0 Å². The fourth-order valence-corrected chi connectivity index (χ4v) is 5.82. The summed E-state index contributed by atoms with van der Waals surface area (Å²) < 4.78 is 6.42. The molecule has 3 rings (SSSR count). The van der Waals surface area contributed by atoms with Crippen molar-refractivity contribution >= 4 is 29.4 Å². The van der Waals surface area contributed by atoms with Crippen LogP contribution in [0.15, 0.2) is 54.6 Å². The summed E-state index contributed by atoms with van der Waals surface area (Å²) in [5.74, 6) is 4.49. The van der Waals surface area contributed by atoms with Crippen molar-refractivity contribution in [3.8, 4) is 11.1 Å². The molecule has 2 aromatic rings. The first kappa shape index (κ1) is 22.6. The average Bonchev–Trinajstić information content (AvgIpc) is 2.71. The molecule has 1 heterocycles. The number of nitrogens with one attached hydrogen (secondary N) is 1. The van der Waals surface area contributed by atoms with Crippen LogP contribution in [0.4, 0.5) is 0 Å². The van der Waals surface area contributed by atoms with Gasteiger partial charge < -0.3 is 0 Å². The highest BCUT2D eigenvalue weighted by molar-refractivity contribution is 8.13. The topological polar surface area (TPSA) is 15.3 Å². The van der Waals surface area contributed by atoms with Crippen LogP contribution in [0.5, 0.6) is 0 Å². The van der Waals surface area contributed by atoms with Crippen LogP contribution in [0.2, 0.25) is 0 Å². The third kappa shape index (κ3) is 5.35. The molecule has 2 nitrogen and oxygen atoms in total. The molecule has 1 aliphatic heterocycles. The Hall–Kier alpha value is -1.07. The summed E-state index contributed by atoms with van der Waals surface area (Å²) in [5, 5.41) is 0. The van der Waals surface area contributed by atoms with Gasteiger partial charge in [0.25, 0.3) is 0 Å². The molecule has 0 radical (unpaired) electrons. The van der Waals surface area contributed by atoms with E-state index in [0.29, 0.717) is 6.04 Å². The summed E-state index contributed by atoms with van der Waals surface area (Å²) in [4.78, 5) is 0. The molecule has 0 spiro atoms. The summed E-state index contributed by atoms with van der Waals surface area (Å²) in [7, 11) is -0.112. The van der Waals surface area contributed by atoms with Gasteiger partial charge in [-0.1, -0.05) is 101 Å². The van der Waals surface area contributed by atoms with Crippen molar-refractivity contribution in [3.63, 3.8) is 0 Å². The molecule has 2 aromatic carbocycles. The molecule has 3 atom stereocenters. The Labute approximate surface area is 185 Å². The number of benzene rings is 2. The van der Waals surface area contributed by atoms with E-state index >= 15 is 0 Å². The lowest BCUT2D eigenvalue weighted by atomic mass is 9.78. The minimum absolute atomic E-state index is 0.0426. The Bertz CT molecular complexity index is 828. The maximum Gasteiger partial charge on any atom is 0.0443 e. The summed E-state index contributed by atoms with van der Waals surface area (Å²) in [5.41, 5.74) is 3.97. The second-order valence-electron chi connectivity index (χ2n) is 9.17. The van der Waals surface area contributed by atoms with E-state index in [-0.39, 0.29) is 21.0 Å². The monoisotopic (exact) mass is 428 g/mol. The van der Waals surface area contributed by atoms with Crippen LogP contribution in [0.25, 0.3) is 11.1 Å². The fourth-order valence-electron chi connectivity index (χ4n) is 4.20. The number of thiol groups is 1. The van der Waals surface area contributed by atoms with Crippen LogP contribution in [-0.2, 0) is 6.42 Å². The molecule has 29 heavy (non-hydrogen) atoms. The van der Waals surface area contributed by atoms with E-state index in [2.05, 4.69) is 97.2 Å². The van der Waals surface area contributed by atoms with Crippen LogP contribution in [0, 0.1) is 0 Å². The zero-order valence-corrected chi connectivity index (χ0v) is 20.0. The molecular weight excluding hydrogens is 392 g/mol. The van der Waals surface area contributed by atoms with E-state index in [1.165, 1.54) is 29.5 Å². The quantitative estimate of drug-likeness (QED) is 0.411. The molecule has 1 aliphatic rings. The van der Waals surface area contributed by atoms with Gasteiger partial charge in [0, 0.05) is 22.9 Å². The first-order valence-corrected chi connectivity index (χ1v) is 12.5. The lowest BCUT2D eigenvalue weighted by molar-refractivity contribution is 0.135. The number of piperidine rings is 1. The largest absolute Gasteiger partial charge is 0.262 e. The van der Waals surface area contributed by atoms with E-state index in [4.69, 9.17) is 12.8 Å². The van der Waals surface area contributed by atoms with Gasteiger partial charge in [-0.15, -0.1) is 10.7 Å². The first-order chi connectivity index (χ1) is 13.7. The second-order valence-corrected chi connectivity index (χ2v) is 11.9. The van der Waals surface area contributed by atoms with Crippen molar-refractivity contribution in [2.75, 3.05) is 6.54 Å². The summed E-state index contributed by atoms with van der Waals surface area (Å²) in [6, 6.07) is 20.0. The van der Waals surface area contributed by atoms with Crippen molar-refractivity contribution in [1.82, 2.24) is 9.03 Å². The smallest absolute Gasteiger partial charge is 0.0443 e. The second kappa shape index (κ2) is 9.38. The summed E-state index contributed by atoms with van der Waals surface area (Å²) in [6.07, 6.45) is 4.43. The van der Waals surface area contributed by atoms with Gasteiger partial charge in [0.05, 0.1) is 0 Å². The van der Waals surface area contributed by atoms with Crippen molar-refractivity contribution in [1.29, 1.82) is 0 Å². The van der Waals surface area contributed by atoms with Gasteiger partial charge in [-0.3, -0.25) is 4.72 Å². The van der Waals surface area contributed by atoms with Crippen molar-refractivity contribution in [2.45, 2.75) is 69.7 Å². The molecular formula is C25H36N2S2. The maximum atomic E-state index is 4.92. The first-order valence-electron chi connectivity index (χ1n) is 10.7. The Morgan fingerprint density at radius 2 is 1.83 bits per heavy atom. The van der Waals surface area contributed by atoms with Crippen LogP contribution in [0.3, 0.4) is 0 Å². The summed E-state index contributed by atoms with van der Waals surface area (Å²) >= 11 is 4.92. The molecule has 1 N–H and O–H groups in total. The predicted octanol–water partition coefficient (Wildman–Crippen LogP) is 6.36. The Kier molecular flexibility index (Phi) is 7.32. The SMILES string of the molecule is C=S(NC1(CC)CCCN(S)C1Cc1cccc(-c2ccccc2)c1)C(C)(C)C. The van der Waals surface area contributed by atoms with Gasteiger partial charge in [-0.2, -0.15) is 0 Å². The van der Waals surface area contributed by atoms with Crippen LogP contribution >= 0.6 is 23.5 Å². The third-order valence-electron chi connectivity index (χ3n) is 6.17. The minimum atomic E-state index is -0.112. The number of nitrogens with zero attached hydrogens (tertiary/aromatic N) is 1.